The van der Waals surface area contributed by atoms with Crippen molar-refractivity contribution in [3.63, 3.8) is 0 Å². The SMILES string of the molecule is Cc1oc(CNC(=O)Cc2cccc(F)c2)cc1C(=O)O. The summed E-state index contributed by atoms with van der Waals surface area (Å²) in [7, 11) is 0. The van der Waals surface area contributed by atoms with E-state index in [9.17, 15) is 14.0 Å². The van der Waals surface area contributed by atoms with Gasteiger partial charge in [-0.25, -0.2) is 9.18 Å². The van der Waals surface area contributed by atoms with Crippen LogP contribution < -0.4 is 5.32 Å². The summed E-state index contributed by atoms with van der Waals surface area (Å²) in [4.78, 5) is 22.6. The number of furan rings is 1. The van der Waals surface area contributed by atoms with Gasteiger partial charge in [0.15, 0.2) is 0 Å². The fourth-order valence-electron chi connectivity index (χ4n) is 1.92. The molecule has 5 nitrogen and oxygen atoms in total. The Morgan fingerprint density at radius 3 is 2.71 bits per heavy atom. The van der Waals surface area contributed by atoms with Crippen LogP contribution >= 0.6 is 0 Å². The highest BCUT2D eigenvalue weighted by Gasteiger charge is 2.14. The maximum absolute atomic E-state index is 13.0. The van der Waals surface area contributed by atoms with Crippen LogP contribution in [0.5, 0.6) is 0 Å². The molecular formula is C15H14FNO4. The molecular weight excluding hydrogens is 277 g/mol. The van der Waals surface area contributed by atoms with Gasteiger partial charge in [0.1, 0.15) is 22.9 Å². The number of benzene rings is 1. The van der Waals surface area contributed by atoms with Gasteiger partial charge in [0.2, 0.25) is 5.91 Å². The second kappa shape index (κ2) is 6.21. The first-order valence-electron chi connectivity index (χ1n) is 6.29. The molecule has 0 aliphatic carbocycles. The number of aromatic carboxylic acids is 1. The number of carbonyl (C=O) groups is 2. The molecule has 1 amide bonds. The van der Waals surface area contributed by atoms with Crippen LogP contribution in [0.15, 0.2) is 34.7 Å². The summed E-state index contributed by atoms with van der Waals surface area (Å²) < 4.78 is 18.2. The van der Waals surface area contributed by atoms with Crippen molar-refractivity contribution in [1.29, 1.82) is 0 Å². The molecule has 1 heterocycles. The summed E-state index contributed by atoms with van der Waals surface area (Å²) >= 11 is 0. The van der Waals surface area contributed by atoms with Crippen LogP contribution in [0.4, 0.5) is 4.39 Å². The van der Waals surface area contributed by atoms with Crippen molar-refractivity contribution in [2.24, 2.45) is 0 Å². The van der Waals surface area contributed by atoms with Crippen molar-refractivity contribution in [3.05, 3.63) is 58.8 Å². The van der Waals surface area contributed by atoms with Gasteiger partial charge in [0.05, 0.1) is 13.0 Å². The van der Waals surface area contributed by atoms with E-state index in [2.05, 4.69) is 5.32 Å². The lowest BCUT2D eigenvalue weighted by molar-refractivity contribution is -0.120. The van der Waals surface area contributed by atoms with Crippen molar-refractivity contribution < 1.29 is 23.5 Å². The highest BCUT2D eigenvalue weighted by molar-refractivity contribution is 5.88. The van der Waals surface area contributed by atoms with Gasteiger partial charge in [-0.05, 0) is 30.7 Å². The highest BCUT2D eigenvalue weighted by atomic mass is 19.1. The zero-order chi connectivity index (χ0) is 15.4. The van der Waals surface area contributed by atoms with Gasteiger partial charge < -0.3 is 14.8 Å². The lowest BCUT2D eigenvalue weighted by Gasteiger charge is -2.03. The van der Waals surface area contributed by atoms with Gasteiger partial charge in [0.25, 0.3) is 0 Å². The lowest BCUT2D eigenvalue weighted by Crippen LogP contribution is -2.24. The van der Waals surface area contributed by atoms with Gasteiger partial charge in [-0.1, -0.05) is 12.1 Å². The summed E-state index contributed by atoms with van der Waals surface area (Å²) in [6.07, 6.45) is 0.0449. The molecule has 0 atom stereocenters. The van der Waals surface area contributed by atoms with Gasteiger partial charge in [0, 0.05) is 0 Å². The van der Waals surface area contributed by atoms with E-state index in [0.29, 0.717) is 11.3 Å². The Hall–Kier alpha value is -2.63. The summed E-state index contributed by atoms with van der Waals surface area (Å²) in [6.45, 7) is 1.63. The number of rotatable bonds is 5. The molecule has 2 rings (SSSR count). The molecule has 110 valence electrons. The third-order valence-corrected chi connectivity index (χ3v) is 2.91. The number of carboxylic acid groups (broad SMARTS) is 1. The van der Waals surface area contributed by atoms with E-state index < -0.39 is 11.8 Å². The maximum Gasteiger partial charge on any atom is 0.339 e. The predicted molar refractivity (Wildman–Crippen MR) is 72.4 cm³/mol. The second-order valence-electron chi connectivity index (χ2n) is 4.57. The van der Waals surface area contributed by atoms with E-state index in [0.717, 1.165) is 0 Å². The van der Waals surface area contributed by atoms with Crippen molar-refractivity contribution >= 4 is 11.9 Å². The van der Waals surface area contributed by atoms with Crippen LogP contribution in [-0.4, -0.2) is 17.0 Å². The highest BCUT2D eigenvalue weighted by Crippen LogP contribution is 2.14. The molecule has 0 aliphatic rings. The van der Waals surface area contributed by atoms with Crippen LogP contribution in [0.2, 0.25) is 0 Å². The first-order valence-corrected chi connectivity index (χ1v) is 6.29. The fraction of sp³-hybridized carbons (Fsp3) is 0.200. The number of hydrogen-bond donors (Lipinski definition) is 2. The number of nitrogens with one attached hydrogen (secondary N) is 1. The molecule has 2 aromatic rings. The number of carboxylic acids is 1. The first kappa shape index (κ1) is 14.8. The zero-order valence-corrected chi connectivity index (χ0v) is 11.4. The van der Waals surface area contributed by atoms with Gasteiger partial charge in [-0.15, -0.1) is 0 Å². The van der Waals surface area contributed by atoms with Crippen molar-refractivity contribution in [3.8, 4) is 0 Å². The third-order valence-electron chi connectivity index (χ3n) is 2.91. The van der Waals surface area contributed by atoms with Gasteiger partial charge in [-0.3, -0.25) is 4.79 Å². The molecule has 0 unspecified atom stereocenters. The molecule has 0 bridgehead atoms. The molecule has 2 N–H and O–H groups in total. The summed E-state index contributed by atoms with van der Waals surface area (Å²) in [5.41, 5.74) is 0.638. The monoisotopic (exact) mass is 291 g/mol. The topological polar surface area (TPSA) is 79.5 Å². The number of aryl methyl sites for hydroxylation is 1. The Morgan fingerprint density at radius 2 is 2.10 bits per heavy atom. The minimum Gasteiger partial charge on any atom is -0.478 e. The smallest absolute Gasteiger partial charge is 0.339 e. The molecule has 21 heavy (non-hydrogen) atoms. The van der Waals surface area contributed by atoms with E-state index in [1.807, 2.05) is 0 Å². The van der Waals surface area contributed by atoms with E-state index in [1.54, 1.807) is 13.0 Å². The molecule has 0 saturated carbocycles. The summed E-state index contributed by atoms with van der Waals surface area (Å²) in [6, 6.07) is 7.16. The molecule has 1 aromatic heterocycles. The normalized spacial score (nSPS) is 10.4. The quantitative estimate of drug-likeness (QED) is 0.885. The Kier molecular flexibility index (Phi) is 4.37. The second-order valence-corrected chi connectivity index (χ2v) is 4.57. The van der Waals surface area contributed by atoms with Crippen LogP contribution in [-0.2, 0) is 17.8 Å². The molecule has 0 fully saturated rings. The first-order chi connectivity index (χ1) is 9.95. The Balaban J connectivity index is 1.92. The molecule has 0 radical (unpaired) electrons. The minimum absolute atomic E-state index is 0.0449. The lowest BCUT2D eigenvalue weighted by atomic mass is 10.1. The Labute approximate surface area is 120 Å². The number of carbonyl (C=O) groups excluding carboxylic acids is 1. The van der Waals surface area contributed by atoms with Crippen LogP contribution in [0, 0.1) is 12.7 Å². The molecule has 1 aromatic carbocycles. The number of halogens is 1. The molecule has 0 saturated heterocycles. The minimum atomic E-state index is -1.08. The van der Waals surface area contributed by atoms with Crippen LogP contribution in [0.1, 0.15) is 27.4 Å². The average Bonchev–Trinajstić information content (AvgIpc) is 2.78. The number of amides is 1. The molecule has 0 aliphatic heterocycles. The standard InChI is InChI=1S/C15H14FNO4/c1-9-13(15(19)20)7-12(21-9)8-17-14(18)6-10-3-2-4-11(16)5-10/h2-5,7H,6,8H2,1H3,(H,17,18)(H,19,20). The van der Waals surface area contributed by atoms with E-state index in [1.165, 1.54) is 24.3 Å². The van der Waals surface area contributed by atoms with E-state index >= 15 is 0 Å². The zero-order valence-electron chi connectivity index (χ0n) is 11.4. The van der Waals surface area contributed by atoms with Crippen LogP contribution in [0.25, 0.3) is 0 Å². The summed E-state index contributed by atoms with van der Waals surface area (Å²) in [5.74, 6) is -1.12. The Bertz CT molecular complexity index is 678. The van der Waals surface area contributed by atoms with Crippen molar-refractivity contribution in [2.45, 2.75) is 19.9 Å². The predicted octanol–water partition coefficient (Wildman–Crippen LogP) is 2.28. The van der Waals surface area contributed by atoms with E-state index in [-0.39, 0.29) is 30.2 Å². The van der Waals surface area contributed by atoms with Gasteiger partial charge in [-0.2, -0.15) is 0 Å². The van der Waals surface area contributed by atoms with Crippen molar-refractivity contribution in [1.82, 2.24) is 5.32 Å². The summed E-state index contributed by atoms with van der Waals surface area (Å²) in [5, 5.41) is 11.5. The fourth-order valence-corrected chi connectivity index (χ4v) is 1.92. The van der Waals surface area contributed by atoms with Crippen LogP contribution in [0.3, 0.4) is 0 Å². The number of hydrogen-bond acceptors (Lipinski definition) is 3. The Morgan fingerprint density at radius 1 is 1.33 bits per heavy atom. The third kappa shape index (κ3) is 3.92. The maximum atomic E-state index is 13.0. The largest absolute Gasteiger partial charge is 0.478 e. The molecule has 0 spiro atoms. The van der Waals surface area contributed by atoms with Crippen molar-refractivity contribution in [2.75, 3.05) is 0 Å². The average molecular weight is 291 g/mol. The van der Waals surface area contributed by atoms with Gasteiger partial charge >= 0.3 is 5.97 Å². The van der Waals surface area contributed by atoms with E-state index in [4.69, 9.17) is 9.52 Å². The molecule has 6 heteroatoms.